The summed E-state index contributed by atoms with van der Waals surface area (Å²) in [5, 5.41) is 0. The third-order valence-electron chi connectivity index (χ3n) is 15.3. The fourth-order valence-electron chi connectivity index (χ4n) is 11.9. The van der Waals surface area contributed by atoms with E-state index in [1.54, 1.807) is 28.3 Å². The van der Waals surface area contributed by atoms with Gasteiger partial charge in [-0.15, -0.1) is 0 Å². The zero-order valence-corrected chi connectivity index (χ0v) is 47.4. The molecule has 19 atom stereocenters. The molecular weight excluding hydrogens is 895 g/mol. The maximum Gasteiger partial charge on any atom is 0.509 e. The number of ether oxygens (including phenoxy) is 11. The number of carbonyl (C=O) groups is 2. The Morgan fingerprint density at radius 3 is 2.00 bits per heavy atom. The summed E-state index contributed by atoms with van der Waals surface area (Å²) in [5.41, 5.74) is -3.20. The quantitative estimate of drug-likeness (QED) is 0.0822. The normalized spacial score (nSPS) is 43.7. The molecule has 0 unspecified atom stereocenters. The molecule has 4 fully saturated rings. The summed E-state index contributed by atoms with van der Waals surface area (Å²) in [7, 11) is 5.35. The molecule has 67 heavy (non-hydrogen) atoms. The number of hydrogen-bond acceptors (Lipinski definition) is 15. The van der Waals surface area contributed by atoms with E-state index in [1.807, 2.05) is 27.7 Å². The van der Waals surface area contributed by atoms with Crippen molar-refractivity contribution in [3.8, 4) is 0 Å². The van der Waals surface area contributed by atoms with Crippen LogP contribution in [0.25, 0.3) is 0 Å². The topological polar surface area (TPSA) is 148 Å². The summed E-state index contributed by atoms with van der Waals surface area (Å²) in [5.74, 6) is -3.57. The summed E-state index contributed by atoms with van der Waals surface area (Å²) >= 11 is 0. The molecular formula is C50H93NO14Si2. The standard InChI is InChI=1S/C50H93NO14Si2/c1-23-25-57-46(53)63-43-35(8)59-39(28-48(43,10)55-15)61-40-32(5)41(62-45-36(29-66(17,18)19)37(51(12)13)26-31(4)58-45)47(9,54-14)27-30(3)50(56-16)34(7)42(64-67(20,21)22)49(11,65-50)38(24-2)60-44(52)33(40)6/h23,30-43,45H,1,24-29H2,2-22H3/t30-,31-,32+,33-,34-,35+,36-,37+,38-,39+,40+,41-,42-,43+,45+,47-,48-,49-,50+/m1/s1. The Labute approximate surface area is 406 Å². The van der Waals surface area contributed by atoms with E-state index in [9.17, 15) is 4.79 Å². The number of nitrogens with zero attached hydrogens (tertiary/aromatic N) is 1. The van der Waals surface area contributed by atoms with Gasteiger partial charge in [0.2, 0.25) is 0 Å². The Morgan fingerprint density at radius 1 is 0.866 bits per heavy atom. The highest BCUT2D eigenvalue weighted by molar-refractivity contribution is 6.76. The average molecular weight is 988 g/mol. The van der Waals surface area contributed by atoms with Crippen LogP contribution in [0.4, 0.5) is 4.79 Å². The number of rotatable bonds is 16. The smallest absolute Gasteiger partial charge is 0.459 e. The third-order valence-corrected chi connectivity index (χ3v) is 17.9. The van der Waals surface area contributed by atoms with Crippen molar-refractivity contribution in [3.05, 3.63) is 12.7 Å². The predicted molar refractivity (Wildman–Crippen MR) is 263 cm³/mol. The van der Waals surface area contributed by atoms with Gasteiger partial charge < -0.3 is 61.4 Å². The molecule has 4 rings (SSSR count). The first kappa shape index (κ1) is 58.1. The molecule has 0 aliphatic carbocycles. The van der Waals surface area contributed by atoms with Crippen molar-refractivity contribution in [2.75, 3.05) is 42.0 Å². The number of esters is 1. The zero-order valence-electron chi connectivity index (χ0n) is 45.4. The van der Waals surface area contributed by atoms with Crippen LogP contribution < -0.4 is 0 Å². The highest BCUT2D eigenvalue weighted by atomic mass is 28.4. The van der Waals surface area contributed by atoms with Crippen LogP contribution >= 0.6 is 0 Å². The fraction of sp³-hybridized carbons (Fsp3) is 0.920. The predicted octanol–water partition coefficient (Wildman–Crippen LogP) is 9.05. The second kappa shape index (κ2) is 22.5. The average Bonchev–Trinajstić information content (AvgIpc) is 3.45. The van der Waals surface area contributed by atoms with Crippen molar-refractivity contribution in [2.45, 2.75) is 224 Å². The minimum Gasteiger partial charge on any atom is -0.459 e. The fourth-order valence-corrected chi connectivity index (χ4v) is 15.0. The first-order valence-electron chi connectivity index (χ1n) is 24.9. The summed E-state index contributed by atoms with van der Waals surface area (Å²) < 4.78 is 79.9. The van der Waals surface area contributed by atoms with Crippen molar-refractivity contribution in [2.24, 2.45) is 29.6 Å². The molecule has 0 aromatic rings. The van der Waals surface area contributed by atoms with Gasteiger partial charge in [-0.3, -0.25) is 4.79 Å². The molecule has 0 radical (unpaired) electrons. The molecule has 4 heterocycles. The third kappa shape index (κ3) is 13.0. The van der Waals surface area contributed by atoms with E-state index >= 15 is 4.79 Å². The molecule has 0 aromatic heterocycles. The van der Waals surface area contributed by atoms with Crippen molar-refractivity contribution < 1.29 is 66.1 Å². The minimum atomic E-state index is -2.22. The van der Waals surface area contributed by atoms with Gasteiger partial charge in [0, 0.05) is 65.5 Å². The highest BCUT2D eigenvalue weighted by Gasteiger charge is 2.67. The van der Waals surface area contributed by atoms with Crippen molar-refractivity contribution in [1.82, 2.24) is 4.90 Å². The van der Waals surface area contributed by atoms with E-state index in [0.717, 1.165) is 12.5 Å². The lowest BCUT2D eigenvalue weighted by Gasteiger charge is -2.51. The lowest BCUT2D eigenvalue weighted by molar-refractivity contribution is -0.318. The first-order valence-corrected chi connectivity index (χ1v) is 32.0. The van der Waals surface area contributed by atoms with Crippen LogP contribution in [0.3, 0.4) is 0 Å². The van der Waals surface area contributed by atoms with Crippen LogP contribution in [0.15, 0.2) is 12.7 Å². The molecule has 2 bridgehead atoms. The van der Waals surface area contributed by atoms with Gasteiger partial charge in [0.15, 0.2) is 32.8 Å². The molecule has 15 nitrogen and oxygen atoms in total. The number of methoxy groups -OCH3 is 3. The molecule has 0 aromatic carbocycles. The van der Waals surface area contributed by atoms with E-state index in [2.05, 4.69) is 99.5 Å². The van der Waals surface area contributed by atoms with Crippen molar-refractivity contribution in [1.29, 1.82) is 0 Å². The lowest BCUT2D eigenvalue weighted by atomic mass is 9.73. The van der Waals surface area contributed by atoms with Crippen LogP contribution in [0, 0.1) is 29.6 Å². The maximum atomic E-state index is 15.1. The van der Waals surface area contributed by atoms with Gasteiger partial charge in [0.1, 0.15) is 23.9 Å². The van der Waals surface area contributed by atoms with E-state index < -0.39 is 112 Å². The lowest BCUT2D eigenvalue weighted by Crippen LogP contribution is -2.61. The molecule has 0 amide bonds. The van der Waals surface area contributed by atoms with Crippen molar-refractivity contribution in [3.63, 3.8) is 0 Å². The van der Waals surface area contributed by atoms with Gasteiger partial charge in [-0.25, -0.2) is 4.79 Å². The molecule has 4 aliphatic heterocycles. The molecule has 0 saturated carbocycles. The largest absolute Gasteiger partial charge is 0.509 e. The van der Waals surface area contributed by atoms with Gasteiger partial charge in [-0.05, 0) is 101 Å². The molecule has 0 spiro atoms. The van der Waals surface area contributed by atoms with E-state index in [0.29, 0.717) is 12.8 Å². The Kier molecular flexibility index (Phi) is 19.5. The van der Waals surface area contributed by atoms with Crippen molar-refractivity contribution >= 4 is 28.5 Å². The van der Waals surface area contributed by atoms with Crippen LogP contribution in [-0.4, -0.2) is 159 Å². The Hall–Kier alpha value is -1.49. The molecule has 390 valence electrons. The minimum absolute atomic E-state index is 0.00662. The monoisotopic (exact) mass is 988 g/mol. The van der Waals surface area contributed by atoms with Crippen LogP contribution in [0.5, 0.6) is 0 Å². The van der Waals surface area contributed by atoms with Crippen LogP contribution in [0.1, 0.15) is 94.9 Å². The summed E-state index contributed by atoms with van der Waals surface area (Å²) in [6.07, 6.45) is -3.42. The Morgan fingerprint density at radius 2 is 1.48 bits per heavy atom. The Balaban J connectivity index is 1.95. The number of cyclic esters (lactones) is 1. The second-order valence-corrected chi connectivity index (χ2v) is 33.3. The SMILES string of the molecule is C=CCOC(=O)O[C@H]1[C@H](C)O[C@@H](O[C@H]2[C@H](C)[C@@H](O[C@@H]3O[C@H](C)C[C@H](N(C)C)[C@H]3C[Si](C)(C)C)[C@](C)(OC)C[C@@H](C)[C@]3(OC)O[C@@](C)([C@H](O[Si](C)(C)C)[C@H]3C)[C@@H](CC)OC(=O)[C@@H]2C)C[C@@]1(C)OC. The molecule has 4 aliphatic rings. The van der Waals surface area contributed by atoms with E-state index in [-0.39, 0.29) is 42.9 Å². The Bertz CT molecular complexity index is 1650. The summed E-state index contributed by atoms with van der Waals surface area (Å²) in [4.78, 5) is 30.2. The molecule has 17 heteroatoms. The van der Waals surface area contributed by atoms with Gasteiger partial charge in [0.05, 0.1) is 42.0 Å². The van der Waals surface area contributed by atoms with E-state index in [1.165, 1.54) is 6.08 Å². The van der Waals surface area contributed by atoms with Gasteiger partial charge in [-0.2, -0.15) is 0 Å². The summed E-state index contributed by atoms with van der Waals surface area (Å²) in [6.45, 7) is 37.3. The van der Waals surface area contributed by atoms with Gasteiger partial charge in [-0.1, -0.05) is 60.0 Å². The summed E-state index contributed by atoms with van der Waals surface area (Å²) in [6, 6.07) is 1.17. The highest BCUT2D eigenvalue weighted by Crippen LogP contribution is 2.54. The zero-order chi connectivity index (χ0) is 50.8. The number of fused-ring (bicyclic) bond motifs is 2. The first-order chi connectivity index (χ1) is 30.9. The van der Waals surface area contributed by atoms with Crippen LogP contribution in [-0.2, 0) is 61.3 Å². The second-order valence-electron chi connectivity index (χ2n) is 23.3. The van der Waals surface area contributed by atoms with E-state index in [4.69, 9.17) is 56.5 Å². The number of carbonyl (C=O) groups excluding carboxylic acids is 2. The van der Waals surface area contributed by atoms with Crippen LogP contribution in [0.2, 0.25) is 45.3 Å². The molecule has 0 N–H and O–H groups in total. The molecule has 4 saturated heterocycles. The van der Waals surface area contributed by atoms with Gasteiger partial charge in [0.25, 0.3) is 0 Å². The maximum absolute atomic E-state index is 15.1. The number of hydrogen-bond donors (Lipinski definition) is 0. The van der Waals surface area contributed by atoms with Gasteiger partial charge >= 0.3 is 12.1 Å².